The number of nitrogens with zero attached hydrogens (tertiary/aromatic N) is 4. The van der Waals surface area contributed by atoms with Gasteiger partial charge in [-0.1, -0.05) is 0 Å². The maximum Gasteiger partial charge on any atom is 0.332 e. The van der Waals surface area contributed by atoms with Crippen molar-refractivity contribution in [1.29, 1.82) is 0 Å². The highest BCUT2D eigenvalue weighted by Gasteiger charge is 2.26. The van der Waals surface area contributed by atoms with Crippen LogP contribution < -0.4 is 10.7 Å². The lowest BCUT2D eigenvalue weighted by molar-refractivity contribution is 0.141. The van der Waals surface area contributed by atoms with Crippen LogP contribution in [-0.2, 0) is 17.7 Å². The molecule has 9 heteroatoms. The van der Waals surface area contributed by atoms with Crippen molar-refractivity contribution in [2.75, 3.05) is 26.3 Å². The molecule has 1 aromatic heterocycles. The fourth-order valence-corrected chi connectivity index (χ4v) is 3.27. The van der Waals surface area contributed by atoms with Crippen molar-refractivity contribution in [1.82, 2.24) is 30.5 Å². The molecule has 2 aliphatic heterocycles. The zero-order valence-corrected chi connectivity index (χ0v) is 14.3. The van der Waals surface area contributed by atoms with Crippen LogP contribution in [0.15, 0.2) is 24.3 Å². The molecule has 4 rings (SSSR count). The highest BCUT2D eigenvalue weighted by Crippen LogP contribution is 2.23. The Labute approximate surface area is 150 Å². The number of hydrogen-bond donors (Lipinski definition) is 2. The number of ether oxygens (including phenoxy) is 1. The number of hydrogen-bond acceptors (Lipinski definition) is 5. The predicted octanol–water partition coefficient (Wildman–Crippen LogP) is 0.945. The molecule has 0 saturated carbocycles. The van der Waals surface area contributed by atoms with E-state index >= 15 is 0 Å². The molecule has 2 amide bonds. The van der Waals surface area contributed by atoms with E-state index in [9.17, 15) is 9.18 Å². The fourth-order valence-electron chi connectivity index (χ4n) is 3.27. The van der Waals surface area contributed by atoms with Crippen LogP contribution in [0.1, 0.15) is 12.2 Å². The van der Waals surface area contributed by atoms with Gasteiger partial charge in [0.05, 0.1) is 19.8 Å². The van der Waals surface area contributed by atoms with Crippen molar-refractivity contribution < 1.29 is 13.9 Å². The SMILES string of the molecule is O=C(NC1CCc2nnc(-c3ccc(F)cc3)n2C1)N1CCOCCN1. The Kier molecular flexibility index (Phi) is 4.81. The third kappa shape index (κ3) is 3.54. The minimum atomic E-state index is -0.286. The van der Waals surface area contributed by atoms with Crippen LogP contribution in [0.25, 0.3) is 11.4 Å². The van der Waals surface area contributed by atoms with Gasteiger partial charge in [0.15, 0.2) is 5.82 Å². The molecular weight excluding hydrogens is 339 g/mol. The van der Waals surface area contributed by atoms with E-state index in [1.165, 1.54) is 12.1 Å². The summed E-state index contributed by atoms with van der Waals surface area (Å²) in [5.41, 5.74) is 3.87. The number of urea groups is 1. The Morgan fingerprint density at radius 1 is 1.27 bits per heavy atom. The molecule has 1 aromatic carbocycles. The molecule has 0 aliphatic carbocycles. The van der Waals surface area contributed by atoms with E-state index in [1.807, 2.05) is 4.57 Å². The van der Waals surface area contributed by atoms with Gasteiger partial charge in [0.25, 0.3) is 0 Å². The third-order valence-electron chi connectivity index (χ3n) is 4.63. The van der Waals surface area contributed by atoms with Crippen molar-refractivity contribution in [2.24, 2.45) is 0 Å². The molecule has 0 radical (unpaired) electrons. The van der Waals surface area contributed by atoms with Gasteiger partial charge in [0, 0.05) is 31.1 Å². The summed E-state index contributed by atoms with van der Waals surface area (Å²) in [4.78, 5) is 12.5. The summed E-state index contributed by atoms with van der Waals surface area (Å²) in [6.07, 6.45) is 1.54. The van der Waals surface area contributed by atoms with Gasteiger partial charge in [-0.2, -0.15) is 0 Å². The molecule has 1 fully saturated rings. The maximum atomic E-state index is 13.2. The number of aromatic nitrogens is 3. The highest BCUT2D eigenvalue weighted by molar-refractivity contribution is 5.74. The van der Waals surface area contributed by atoms with Gasteiger partial charge < -0.3 is 14.6 Å². The van der Waals surface area contributed by atoms with E-state index in [-0.39, 0.29) is 17.9 Å². The molecule has 138 valence electrons. The summed E-state index contributed by atoms with van der Waals surface area (Å²) in [6.45, 7) is 2.83. The second kappa shape index (κ2) is 7.38. The minimum Gasteiger partial charge on any atom is -0.378 e. The molecule has 26 heavy (non-hydrogen) atoms. The van der Waals surface area contributed by atoms with Crippen molar-refractivity contribution in [2.45, 2.75) is 25.4 Å². The predicted molar refractivity (Wildman–Crippen MR) is 91.6 cm³/mol. The number of nitrogens with one attached hydrogen (secondary N) is 2. The Hall–Kier alpha value is -2.52. The minimum absolute atomic E-state index is 0.0174. The topological polar surface area (TPSA) is 84.3 Å². The summed E-state index contributed by atoms with van der Waals surface area (Å²) in [7, 11) is 0. The molecule has 1 atom stereocenters. The first-order chi connectivity index (χ1) is 12.7. The maximum absolute atomic E-state index is 13.2. The normalized spacial score (nSPS) is 20.3. The zero-order chi connectivity index (χ0) is 17.9. The number of aryl methyl sites for hydroxylation is 1. The van der Waals surface area contributed by atoms with Crippen LogP contribution in [0.2, 0.25) is 0 Å². The molecule has 3 heterocycles. The van der Waals surface area contributed by atoms with Crippen molar-refractivity contribution in [3.8, 4) is 11.4 Å². The Morgan fingerprint density at radius 2 is 2.12 bits per heavy atom. The molecule has 1 saturated heterocycles. The number of fused-ring (bicyclic) bond motifs is 1. The van der Waals surface area contributed by atoms with Crippen LogP contribution in [0, 0.1) is 5.82 Å². The van der Waals surface area contributed by atoms with Crippen LogP contribution in [-0.4, -0.2) is 58.1 Å². The second-order valence-corrected chi connectivity index (χ2v) is 6.41. The van der Waals surface area contributed by atoms with Crippen LogP contribution >= 0.6 is 0 Å². The summed E-state index contributed by atoms with van der Waals surface area (Å²) in [5, 5.41) is 13.1. The lowest BCUT2D eigenvalue weighted by Crippen LogP contribution is -2.53. The van der Waals surface area contributed by atoms with Crippen LogP contribution in [0.4, 0.5) is 9.18 Å². The van der Waals surface area contributed by atoms with Gasteiger partial charge in [-0.3, -0.25) is 5.01 Å². The number of rotatable bonds is 2. The van der Waals surface area contributed by atoms with E-state index < -0.39 is 0 Å². The first-order valence-corrected chi connectivity index (χ1v) is 8.78. The monoisotopic (exact) mass is 360 g/mol. The summed E-state index contributed by atoms with van der Waals surface area (Å²) in [5.74, 6) is 1.29. The molecule has 8 nitrogen and oxygen atoms in total. The van der Waals surface area contributed by atoms with Crippen molar-refractivity contribution in [3.05, 3.63) is 35.9 Å². The largest absolute Gasteiger partial charge is 0.378 e. The number of halogens is 1. The number of hydrazine groups is 1. The molecule has 0 spiro atoms. The lowest BCUT2D eigenvalue weighted by Gasteiger charge is -2.28. The second-order valence-electron chi connectivity index (χ2n) is 6.41. The van der Waals surface area contributed by atoms with Gasteiger partial charge in [-0.15, -0.1) is 10.2 Å². The van der Waals surface area contributed by atoms with Gasteiger partial charge in [0.1, 0.15) is 11.6 Å². The van der Waals surface area contributed by atoms with Gasteiger partial charge in [-0.25, -0.2) is 14.6 Å². The average Bonchev–Trinajstić information content (AvgIpc) is 2.88. The summed E-state index contributed by atoms with van der Waals surface area (Å²) >= 11 is 0. The lowest BCUT2D eigenvalue weighted by atomic mass is 10.1. The van der Waals surface area contributed by atoms with E-state index in [2.05, 4.69) is 20.9 Å². The van der Waals surface area contributed by atoms with E-state index in [0.717, 1.165) is 24.2 Å². The third-order valence-corrected chi connectivity index (χ3v) is 4.63. The van der Waals surface area contributed by atoms with Crippen LogP contribution in [0.5, 0.6) is 0 Å². The molecule has 2 N–H and O–H groups in total. The summed E-state index contributed by atoms with van der Waals surface area (Å²) in [6, 6.07) is 6.03. The summed E-state index contributed by atoms with van der Waals surface area (Å²) < 4.78 is 20.5. The fraction of sp³-hybridized carbons (Fsp3) is 0.471. The molecule has 2 aromatic rings. The van der Waals surface area contributed by atoms with E-state index in [4.69, 9.17) is 4.74 Å². The van der Waals surface area contributed by atoms with Crippen molar-refractivity contribution in [3.63, 3.8) is 0 Å². The standard InChI is InChI=1S/C17H21FN6O2/c18-13-3-1-12(2-4-13)16-22-21-15-6-5-14(11-23(15)16)20-17(25)24-8-10-26-9-7-19-24/h1-4,14,19H,5-11H2,(H,20,25). The Bertz CT molecular complexity index is 770. The zero-order valence-electron chi connectivity index (χ0n) is 14.3. The van der Waals surface area contributed by atoms with Crippen molar-refractivity contribution >= 4 is 6.03 Å². The molecule has 1 unspecified atom stereocenters. The Balaban J connectivity index is 1.46. The van der Waals surface area contributed by atoms with Gasteiger partial charge in [0.2, 0.25) is 0 Å². The van der Waals surface area contributed by atoms with E-state index in [0.29, 0.717) is 38.7 Å². The smallest absolute Gasteiger partial charge is 0.332 e. The highest BCUT2D eigenvalue weighted by atomic mass is 19.1. The molecular formula is C17H21FN6O2. The van der Waals surface area contributed by atoms with E-state index in [1.54, 1.807) is 17.1 Å². The number of benzene rings is 1. The first-order valence-electron chi connectivity index (χ1n) is 8.78. The number of carbonyl (C=O) groups is 1. The van der Waals surface area contributed by atoms with Crippen LogP contribution in [0.3, 0.4) is 0 Å². The first kappa shape index (κ1) is 16.9. The molecule has 2 aliphatic rings. The van der Waals surface area contributed by atoms with Gasteiger partial charge >= 0.3 is 6.03 Å². The van der Waals surface area contributed by atoms with Gasteiger partial charge in [-0.05, 0) is 30.7 Å². The quantitative estimate of drug-likeness (QED) is 0.833. The number of amides is 2. The number of carbonyl (C=O) groups excluding carboxylic acids is 1. The Morgan fingerprint density at radius 3 is 2.96 bits per heavy atom. The molecule has 0 bridgehead atoms. The average molecular weight is 360 g/mol.